The lowest BCUT2D eigenvalue weighted by Gasteiger charge is -2.15. The van der Waals surface area contributed by atoms with E-state index in [2.05, 4.69) is 15.3 Å². The third-order valence-corrected chi connectivity index (χ3v) is 5.60. The number of carbonyl (C=O) groups excluding carboxylic acids is 1. The maximum atomic E-state index is 12.4. The van der Waals surface area contributed by atoms with Gasteiger partial charge in [0.05, 0.1) is 25.1 Å². The molecule has 0 saturated heterocycles. The molecule has 1 unspecified atom stereocenters. The quantitative estimate of drug-likeness (QED) is 0.234. The maximum Gasteiger partial charge on any atom is 0.412 e. The van der Waals surface area contributed by atoms with E-state index in [-0.39, 0.29) is 0 Å². The van der Waals surface area contributed by atoms with Crippen LogP contribution in [-0.2, 0) is 4.74 Å². The first kappa shape index (κ1) is 24.3. The molecule has 9 nitrogen and oxygen atoms in total. The highest BCUT2D eigenvalue weighted by molar-refractivity contribution is 14.1. The van der Waals surface area contributed by atoms with Crippen LogP contribution in [0.2, 0.25) is 0 Å². The number of nitrogens with zero attached hydrogens (tertiary/aromatic N) is 2. The van der Waals surface area contributed by atoms with Gasteiger partial charge in [0.15, 0.2) is 34.5 Å². The van der Waals surface area contributed by atoms with Crippen molar-refractivity contribution < 1.29 is 26.8 Å². The molecule has 35 heavy (non-hydrogen) atoms. The lowest BCUT2D eigenvalue weighted by Crippen LogP contribution is -2.16. The Morgan fingerprint density at radius 3 is 2.46 bits per heavy atom. The topological polar surface area (TPSA) is 101 Å². The Balaban J connectivity index is 1.43. The molecule has 4 aromatic rings. The Hall–Kier alpha value is -3.80. The minimum atomic E-state index is -0.573. The fourth-order valence-corrected chi connectivity index (χ4v) is 3.67. The van der Waals surface area contributed by atoms with Crippen LogP contribution in [0.1, 0.15) is 18.6 Å². The first-order valence-electron chi connectivity index (χ1n) is 10.5. The van der Waals surface area contributed by atoms with Gasteiger partial charge in [-0.15, -0.1) is 0 Å². The predicted molar refractivity (Wildman–Crippen MR) is 139 cm³/mol. The van der Waals surface area contributed by atoms with Crippen molar-refractivity contribution in [3.05, 3.63) is 72.6 Å². The molecule has 0 aliphatic heterocycles. The van der Waals surface area contributed by atoms with Crippen LogP contribution >= 0.6 is 23.0 Å². The van der Waals surface area contributed by atoms with Crippen molar-refractivity contribution >= 4 is 45.7 Å². The van der Waals surface area contributed by atoms with Crippen LogP contribution in [0.25, 0.3) is 10.9 Å². The van der Waals surface area contributed by atoms with E-state index in [4.69, 9.17) is 22.0 Å². The molecule has 180 valence electrons. The third-order valence-electron chi connectivity index (χ3n) is 5.13. The SMILES string of the molecule is COc1cccc(C(C)OC(=O)Nc2ccc(Oc3ncnc4cc(OC)c(OI)cc34)cc2)c1. The molecule has 1 N–H and O–H groups in total. The molecular formula is C25H22IN3O6. The molecule has 0 radical (unpaired) electrons. The van der Waals surface area contributed by atoms with E-state index >= 15 is 0 Å². The van der Waals surface area contributed by atoms with Crippen molar-refractivity contribution in [2.75, 3.05) is 19.5 Å². The van der Waals surface area contributed by atoms with Gasteiger partial charge in [-0.1, -0.05) is 12.1 Å². The Morgan fingerprint density at radius 1 is 0.943 bits per heavy atom. The highest BCUT2D eigenvalue weighted by atomic mass is 127. The molecule has 0 aliphatic carbocycles. The molecule has 10 heteroatoms. The number of nitrogens with one attached hydrogen (secondary N) is 1. The van der Waals surface area contributed by atoms with Gasteiger partial charge in [0.2, 0.25) is 5.88 Å². The van der Waals surface area contributed by atoms with Gasteiger partial charge in [0, 0.05) is 11.8 Å². The summed E-state index contributed by atoms with van der Waals surface area (Å²) in [7, 11) is 3.15. The lowest BCUT2D eigenvalue weighted by atomic mass is 10.1. The lowest BCUT2D eigenvalue weighted by molar-refractivity contribution is 0.121. The standard InChI is InChI=1S/C25H22IN3O6/c1-15(16-5-4-6-19(11-16)31-2)33-25(30)29-17-7-9-18(10-8-17)34-24-20-12-23(35-26)22(32-3)13-21(20)27-14-28-24/h4-15H,1-3H3,(H,29,30). The van der Waals surface area contributed by atoms with Crippen molar-refractivity contribution in [2.24, 2.45) is 0 Å². The Morgan fingerprint density at radius 2 is 1.74 bits per heavy atom. The summed E-state index contributed by atoms with van der Waals surface area (Å²) in [6, 6.07) is 17.7. The zero-order chi connectivity index (χ0) is 24.8. The van der Waals surface area contributed by atoms with E-state index in [1.807, 2.05) is 24.3 Å². The van der Waals surface area contributed by atoms with Gasteiger partial charge in [0.25, 0.3) is 0 Å². The van der Waals surface area contributed by atoms with E-state index < -0.39 is 12.2 Å². The second kappa shape index (κ2) is 11.1. The Labute approximate surface area is 216 Å². The summed E-state index contributed by atoms with van der Waals surface area (Å²) >= 11 is 1.78. The van der Waals surface area contributed by atoms with Crippen molar-refractivity contribution in [1.29, 1.82) is 0 Å². The van der Waals surface area contributed by atoms with Gasteiger partial charge < -0.3 is 22.0 Å². The average molecular weight is 587 g/mol. The number of rotatable bonds is 8. The van der Waals surface area contributed by atoms with Crippen LogP contribution in [0.15, 0.2) is 67.0 Å². The van der Waals surface area contributed by atoms with Gasteiger partial charge in [0.1, 0.15) is 23.9 Å². The molecule has 1 heterocycles. The number of amides is 1. The normalized spacial score (nSPS) is 11.4. The van der Waals surface area contributed by atoms with Crippen LogP contribution in [-0.4, -0.2) is 30.3 Å². The van der Waals surface area contributed by atoms with E-state index in [0.717, 1.165) is 5.56 Å². The number of methoxy groups -OCH3 is 2. The number of hydrogen-bond acceptors (Lipinski definition) is 8. The fraction of sp³-hybridized carbons (Fsp3) is 0.160. The number of benzene rings is 3. The van der Waals surface area contributed by atoms with Crippen LogP contribution in [0, 0.1) is 0 Å². The highest BCUT2D eigenvalue weighted by Crippen LogP contribution is 2.36. The largest absolute Gasteiger partial charge is 0.497 e. The van der Waals surface area contributed by atoms with Crippen molar-refractivity contribution in [3.63, 3.8) is 0 Å². The first-order chi connectivity index (χ1) is 17.0. The summed E-state index contributed by atoms with van der Waals surface area (Å²) in [5.41, 5.74) is 2.03. The number of fused-ring (bicyclic) bond motifs is 1. The summed E-state index contributed by atoms with van der Waals surface area (Å²) in [5.74, 6) is 2.67. The monoisotopic (exact) mass is 587 g/mol. The number of carbonyl (C=O) groups is 1. The number of aromatic nitrogens is 2. The molecule has 0 aliphatic rings. The summed E-state index contributed by atoms with van der Waals surface area (Å²) in [4.78, 5) is 20.9. The summed E-state index contributed by atoms with van der Waals surface area (Å²) < 4.78 is 27.3. The van der Waals surface area contributed by atoms with Crippen LogP contribution < -0.4 is 22.6 Å². The molecule has 0 spiro atoms. The van der Waals surface area contributed by atoms with Gasteiger partial charge in [-0.3, -0.25) is 5.32 Å². The maximum absolute atomic E-state index is 12.4. The zero-order valence-corrected chi connectivity index (χ0v) is 21.3. The molecule has 1 aromatic heterocycles. The van der Waals surface area contributed by atoms with E-state index in [9.17, 15) is 4.79 Å². The summed E-state index contributed by atoms with van der Waals surface area (Å²) in [6.07, 6.45) is 0.391. The van der Waals surface area contributed by atoms with Gasteiger partial charge in [-0.05, 0) is 55.0 Å². The van der Waals surface area contributed by atoms with Crippen LogP contribution in [0.4, 0.5) is 10.5 Å². The first-order valence-corrected chi connectivity index (χ1v) is 11.4. The van der Waals surface area contributed by atoms with E-state index in [1.165, 1.54) is 6.33 Å². The minimum Gasteiger partial charge on any atom is -0.497 e. The Bertz CT molecular complexity index is 1330. The zero-order valence-electron chi connectivity index (χ0n) is 19.2. The molecule has 1 amide bonds. The smallest absolute Gasteiger partial charge is 0.412 e. The minimum absolute atomic E-state index is 0.361. The van der Waals surface area contributed by atoms with Crippen molar-refractivity contribution in [1.82, 2.24) is 9.97 Å². The number of ether oxygens (including phenoxy) is 4. The van der Waals surface area contributed by atoms with Crippen LogP contribution in [0.5, 0.6) is 28.9 Å². The summed E-state index contributed by atoms with van der Waals surface area (Å²) in [6.45, 7) is 1.79. The molecule has 0 saturated carbocycles. The highest BCUT2D eigenvalue weighted by Gasteiger charge is 2.14. The average Bonchev–Trinajstić information content (AvgIpc) is 2.89. The number of hydrogen-bond donors (Lipinski definition) is 1. The van der Waals surface area contributed by atoms with Crippen molar-refractivity contribution in [2.45, 2.75) is 13.0 Å². The molecule has 1 atom stereocenters. The second-order valence-electron chi connectivity index (χ2n) is 7.35. The van der Waals surface area contributed by atoms with Crippen molar-refractivity contribution in [3.8, 4) is 28.9 Å². The van der Waals surface area contributed by atoms with Crippen LogP contribution in [0.3, 0.4) is 0 Å². The number of anilines is 1. The Kier molecular flexibility index (Phi) is 7.70. The van der Waals surface area contributed by atoms with Gasteiger partial charge >= 0.3 is 6.09 Å². The van der Waals surface area contributed by atoms with Gasteiger partial charge in [-0.2, -0.15) is 0 Å². The summed E-state index contributed by atoms with van der Waals surface area (Å²) in [5, 5.41) is 3.38. The fourth-order valence-electron chi connectivity index (χ4n) is 3.33. The molecule has 0 fully saturated rings. The molecule has 3 aromatic carbocycles. The second-order valence-corrected chi connectivity index (χ2v) is 7.79. The van der Waals surface area contributed by atoms with E-state index in [0.29, 0.717) is 45.5 Å². The van der Waals surface area contributed by atoms with E-state index in [1.54, 1.807) is 80.5 Å². The third kappa shape index (κ3) is 5.83. The van der Waals surface area contributed by atoms with Gasteiger partial charge in [-0.25, -0.2) is 14.8 Å². The molecule has 0 bridgehead atoms. The molecular weight excluding hydrogens is 565 g/mol. The number of halogens is 1. The predicted octanol–water partition coefficient (Wildman–Crippen LogP) is 6.48. The molecule has 4 rings (SSSR count).